The molecule has 0 amide bonds. The third-order valence-corrected chi connectivity index (χ3v) is 5.57. The molecule has 27 heavy (non-hydrogen) atoms. The van der Waals surface area contributed by atoms with Gasteiger partial charge in [0.1, 0.15) is 5.82 Å². The van der Waals surface area contributed by atoms with Gasteiger partial charge in [-0.25, -0.2) is 9.97 Å². The van der Waals surface area contributed by atoms with Gasteiger partial charge in [0.2, 0.25) is 0 Å². The van der Waals surface area contributed by atoms with Crippen LogP contribution in [-0.4, -0.2) is 51.5 Å². The first-order valence-corrected chi connectivity index (χ1v) is 9.51. The van der Waals surface area contributed by atoms with E-state index in [-0.39, 0.29) is 0 Å². The van der Waals surface area contributed by atoms with Gasteiger partial charge in [0.25, 0.3) is 0 Å². The highest BCUT2D eigenvalue weighted by Gasteiger charge is 2.26. The van der Waals surface area contributed by atoms with E-state index in [1.807, 2.05) is 30.1 Å². The van der Waals surface area contributed by atoms with Crippen LogP contribution in [0, 0.1) is 11.8 Å². The molecule has 4 rings (SSSR count). The number of anilines is 1. The lowest BCUT2D eigenvalue weighted by molar-refractivity contribution is 0.120. The summed E-state index contributed by atoms with van der Waals surface area (Å²) in [6.07, 6.45) is 7.74. The predicted octanol–water partition coefficient (Wildman–Crippen LogP) is 2.92. The molecule has 1 aliphatic rings. The molecule has 1 fully saturated rings. The third kappa shape index (κ3) is 3.51. The Morgan fingerprint density at radius 1 is 1.22 bits per heavy atom. The molecule has 4 heterocycles. The van der Waals surface area contributed by atoms with Crippen LogP contribution in [0.2, 0.25) is 0 Å². The van der Waals surface area contributed by atoms with Crippen molar-refractivity contribution < 1.29 is 4.74 Å². The van der Waals surface area contributed by atoms with Crippen molar-refractivity contribution in [3.8, 4) is 11.4 Å². The lowest BCUT2D eigenvalue weighted by atomic mass is 9.86. The first-order valence-electron chi connectivity index (χ1n) is 9.51. The number of hydrogen-bond donors (Lipinski definition) is 0. The molecule has 3 aromatic heterocycles. The van der Waals surface area contributed by atoms with E-state index in [9.17, 15) is 0 Å². The van der Waals surface area contributed by atoms with Crippen LogP contribution in [0.25, 0.3) is 22.4 Å². The topological polar surface area (TPSA) is 69.0 Å². The van der Waals surface area contributed by atoms with Gasteiger partial charge < -0.3 is 9.64 Å². The van der Waals surface area contributed by atoms with Gasteiger partial charge in [-0.05, 0) is 36.8 Å². The molecule has 7 heteroatoms. The van der Waals surface area contributed by atoms with Gasteiger partial charge in [-0.1, -0.05) is 6.92 Å². The van der Waals surface area contributed by atoms with E-state index in [0.29, 0.717) is 17.7 Å². The molecule has 1 atom stereocenters. The zero-order valence-corrected chi connectivity index (χ0v) is 16.2. The second-order valence-electron chi connectivity index (χ2n) is 7.38. The highest BCUT2D eigenvalue weighted by Crippen LogP contribution is 2.32. The Labute approximate surface area is 159 Å². The largest absolute Gasteiger partial charge is 0.384 e. The maximum Gasteiger partial charge on any atom is 0.165 e. The van der Waals surface area contributed by atoms with Crippen molar-refractivity contribution in [3.05, 3.63) is 30.7 Å². The second kappa shape index (κ2) is 7.60. The maximum atomic E-state index is 5.34. The summed E-state index contributed by atoms with van der Waals surface area (Å²) < 4.78 is 7.16. The normalized spacial score (nSPS) is 16.8. The summed E-state index contributed by atoms with van der Waals surface area (Å²) in [5.41, 5.74) is 1.78. The molecule has 0 radical (unpaired) electrons. The molecule has 1 saturated heterocycles. The van der Waals surface area contributed by atoms with Crippen molar-refractivity contribution in [2.45, 2.75) is 19.8 Å². The first-order chi connectivity index (χ1) is 13.2. The number of methoxy groups -OCH3 is 1. The van der Waals surface area contributed by atoms with E-state index in [1.165, 1.54) is 0 Å². The molecule has 0 unspecified atom stereocenters. The number of ether oxygens (including phenoxy) is 1. The monoisotopic (exact) mass is 366 g/mol. The Hall–Kier alpha value is -2.54. The van der Waals surface area contributed by atoms with Crippen molar-refractivity contribution >= 4 is 16.9 Å². The van der Waals surface area contributed by atoms with Crippen LogP contribution >= 0.6 is 0 Å². The quantitative estimate of drug-likeness (QED) is 0.691. The minimum absolute atomic E-state index is 0.590. The van der Waals surface area contributed by atoms with Gasteiger partial charge in [0, 0.05) is 51.8 Å². The second-order valence-corrected chi connectivity index (χ2v) is 7.38. The Bertz CT molecular complexity index is 901. The Morgan fingerprint density at radius 3 is 2.74 bits per heavy atom. The molecule has 0 aromatic carbocycles. The number of aromatic nitrogens is 5. The van der Waals surface area contributed by atoms with Gasteiger partial charge in [0.05, 0.1) is 11.6 Å². The number of hydrogen-bond acceptors (Lipinski definition) is 6. The molecule has 0 N–H and O–H groups in total. The van der Waals surface area contributed by atoms with E-state index < -0.39 is 0 Å². The number of aryl methyl sites for hydroxylation is 1. The summed E-state index contributed by atoms with van der Waals surface area (Å²) in [4.78, 5) is 16.2. The number of fused-ring (bicyclic) bond motifs is 1. The highest BCUT2D eigenvalue weighted by atomic mass is 16.5. The predicted molar refractivity (Wildman–Crippen MR) is 106 cm³/mol. The van der Waals surface area contributed by atoms with Crippen LogP contribution in [-0.2, 0) is 11.8 Å². The van der Waals surface area contributed by atoms with Gasteiger partial charge in [0.15, 0.2) is 11.5 Å². The smallest absolute Gasteiger partial charge is 0.165 e. The minimum Gasteiger partial charge on any atom is -0.384 e. The van der Waals surface area contributed by atoms with Crippen LogP contribution in [0.5, 0.6) is 0 Å². The van der Waals surface area contributed by atoms with Crippen LogP contribution in [0.3, 0.4) is 0 Å². The summed E-state index contributed by atoms with van der Waals surface area (Å²) >= 11 is 0. The molecular formula is C20H26N6O. The molecule has 0 bridgehead atoms. The molecule has 142 valence electrons. The fraction of sp³-hybridized carbons (Fsp3) is 0.500. The van der Waals surface area contributed by atoms with Gasteiger partial charge in [-0.2, -0.15) is 5.10 Å². The summed E-state index contributed by atoms with van der Waals surface area (Å²) in [7, 11) is 3.70. The average molecular weight is 366 g/mol. The first kappa shape index (κ1) is 17.9. The standard InChI is InChI=1S/C20H26N6O/c1-14(13-27-3)15-6-9-26(10-7-15)20-17-12-22-25(2)19(17)23-18(24-20)16-5-4-8-21-11-16/h4-5,8,11-12,14-15H,6-7,9-10,13H2,1-3H3/t14-/m1/s1. The van der Waals surface area contributed by atoms with E-state index in [4.69, 9.17) is 14.7 Å². The summed E-state index contributed by atoms with van der Waals surface area (Å²) in [6.45, 7) is 5.10. The lowest BCUT2D eigenvalue weighted by Crippen LogP contribution is -2.37. The van der Waals surface area contributed by atoms with Crippen molar-refractivity contribution in [2.75, 3.05) is 31.7 Å². The summed E-state index contributed by atoms with van der Waals surface area (Å²) in [5, 5.41) is 5.42. The number of pyridine rings is 1. The molecular weight excluding hydrogens is 340 g/mol. The molecule has 7 nitrogen and oxygen atoms in total. The van der Waals surface area contributed by atoms with E-state index in [0.717, 1.165) is 55.0 Å². The molecule has 0 aliphatic carbocycles. The van der Waals surface area contributed by atoms with Crippen molar-refractivity contribution in [1.82, 2.24) is 24.7 Å². The molecule has 0 saturated carbocycles. The maximum absolute atomic E-state index is 5.34. The van der Waals surface area contributed by atoms with E-state index >= 15 is 0 Å². The number of rotatable bonds is 5. The Kier molecular flexibility index (Phi) is 5.03. The average Bonchev–Trinajstić information content (AvgIpc) is 3.09. The summed E-state index contributed by atoms with van der Waals surface area (Å²) in [5.74, 6) is 2.96. The fourth-order valence-electron chi connectivity index (χ4n) is 3.95. The summed E-state index contributed by atoms with van der Waals surface area (Å²) in [6, 6.07) is 3.90. The van der Waals surface area contributed by atoms with Crippen molar-refractivity contribution in [3.63, 3.8) is 0 Å². The van der Waals surface area contributed by atoms with Gasteiger partial charge >= 0.3 is 0 Å². The minimum atomic E-state index is 0.590. The van der Waals surface area contributed by atoms with Crippen molar-refractivity contribution in [1.29, 1.82) is 0 Å². The highest BCUT2D eigenvalue weighted by molar-refractivity contribution is 5.88. The fourth-order valence-corrected chi connectivity index (χ4v) is 3.95. The van der Waals surface area contributed by atoms with Crippen LogP contribution in [0.15, 0.2) is 30.7 Å². The molecule has 1 aliphatic heterocycles. The van der Waals surface area contributed by atoms with Crippen LogP contribution in [0.1, 0.15) is 19.8 Å². The zero-order valence-electron chi connectivity index (χ0n) is 16.2. The van der Waals surface area contributed by atoms with Crippen LogP contribution < -0.4 is 4.90 Å². The van der Waals surface area contributed by atoms with E-state index in [1.54, 1.807) is 19.5 Å². The third-order valence-electron chi connectivity index (χ3n) is 5.57. The van der Waals surface area contributed by atoms with E-state index in [2.05, 4.69) is 21.9 Å². The van der Waals surface area contributed by atoms with Crippen molar-refractivity contribution in [2.24, 2.45) is 18.9 Å². The zero-order chi connectivity index (χ0) is 18.8. The molecule has 0 spiro atoms. The lowest BCUT2D eigenvalue weighted by Gasteiger charge is -2.35. The number of nitrogens with zero attached hydrogens (tertiary/aromatic N) is 6. The SMILES string of the molecule is COC[C@@H](C)C1CCN(c2nc(-c3cccnc3)nc3c2cnn3C)CC1. The van der Waals surface area contributed by atoms with Gasteiger partial charge in [-0.15, -0.1) is 0 Å². The molecule has 3 aromatic rings. The Balaban J connectivity index is 1.66. The Morgan fingerprint density at radius 2 is 2.04 bits per heavy atom. The van der Waals surface area contributed by atoms with Crippen LogP contribution in [0.4, 0.5) is 5.82 Å². The van der Waals surface area contributed by atoms with Gasteiger partial charge in [-0.3, -0.25) is 9.67 Å². The number of piperidine rings is 1.